The van der Waals surface area contributed by atoms with Gasteiger partial charge in [0.05, 0.1) is 11.1 Å². The normalized spacial score (nSPS) is 12.9. The SMILES string of the molecule is COCCN(C)CCNC(C)c1ccc(F)c(Br)c1. The molecule has 1 aromatic carbocycles. The van der Waals surface area contributed by atoms with Crippen molar-refractivity contribution in [1.82, 2.24) is 10.2 Å². The molecule has 3 nitrogen and oxygen atoms in total. The van der Waals surface area contributed by atoms with Gasteiger partial charge in [0.25, 0.3) is 0 Å². The summed E-state index contributed by atoms with van der Waals surface area (Å²) >= 11 is 3.21. The molecule has 0 saturated heterocycles. The van der Waals surface area contributed by atoms with E-state index in [4.69, 9.17) is 4.74 Å². The van der Waals surface area contributed by atoms with Gasteiger partial charge in [-0.05, 0) is 47.6 Å². The fraction of sp³-hybridized carbons (Fsp3) is 0.571. The second kappa shape index (κ2) is 8.64. The Labute approximate surface area is 123 Å². The minimum atomic E-state index is -0.227. The average molecular weight is 333 g/mol. The van der Waals surface area contributed by atoms with Crippen LogP contribution in [0.25, 0.3) is 0 Å². The standard InChI is InChI=1S/C14H22BrFN2O/c1-11(12-4-5-14(16)13(15)10-12)17-6-7-18(2)8-9-19-3/h4-5,10-11,17H,6-9H2,1-3H3. The molecule has 0 aliphatic rings. The summed E-state index contributed by atoms with van der Waals surface area (Å²) in [6, 6.07) is 5.32. The predicted molar refractivity (Wildman–Crippen MR) is 79.9 cm³/mol. The predicted octanol–water partition coefficient (Wildman–Crippen LogP) is 2.82. The second-order valence-electron chi connectivity index (χ2n) is 4.65. The quantitative estimate of drug-likeness (QED) is 0.792. The van der Waals surface area contributed by atoms with Crippen LogP contribution in [0.15, 0.2) is 22.7 Å². The van der Waals surface area contributed by atoms with Gasteiger partial charge in [0.2, 0.25) is 0 Å². The first-order chi connectivity index (χ1) is 9.04. The minimum absolute atomic E-state index is 0.202. The summed E-state index contributed by atoms with van der Waals surface area (Å²) in [5, 5.41) is 3.43. The van der Waals surface area contributed by atoms with Gasteiger partial charge in [0.1, 0.15) is 5.82 Å². The molecule has 19 heavy (non-hydrogen) atoms. The van der Waals surface area contributed by atoms with Crippen LogP contribution >= 0.6 is 15.9 Å². The van der Waals surface area contributed by atoms with Gasteiger partial charge in [-0.1, -0.05) is 6.07 Å². The van der Waals surface area contributed by atoms with Gasteiger partial charge in [-0.2, -0.15) is 0 Å². The number of ether oxygens (including phenoxy) is 1. The zero-order valence-electron chi connectivity index (χ0n) is 11.7. The largest absolute Gasteiger partial charge is 0.383 e. The molecule has 0 spiro atoms. The molecule has 0 bridgehead atoms. The topological polar surface area (TPSA) is 24.5 Å². The van der Waals surface area contributed by atoms with Crippen LogP contribution in [-0.4, -0.2) is 45.3 Å². The molecule has 0 aromatic heterocycles. The molecule has 1 atom stereocenters. The maximum atomic E-state index is 13.2. The van der Waals surface area contributed by atoms with Gasteiger partial charge in [-0.15, -0.1) is 0 Å². The zero-order chi connectivity index (χ0) is 14.3. The Bertz CT molecular complexity index is 390. The average Bonchev–Trinajstić information content (AvgIpc) is 2.39. The Morgan fingerprint density at radius 3 is 2.79 bits per heavy atom. The van der Waals surface area contributed by atoms with Crippen LogP contribution in [0.4, 0.5) is 4.39 Å². The van der Waals surface area contributed by atoms with Gasteiger partial charge < -0.3 is 15.0 Å². The molecule has 0 aliphatic carbocycles. The van der Waals surface area contributed by atoms with Gasteiger partial charge in [0.15, 0.2) is 0 Å². The second-order valence-corrected chi connectivity index (χ2v) is 5.50. The lowest BCUT2D eigenvalue weighted by atomic mass is 10.1. The number of hydrogen-bond acceptors (Lipinski definition) is 3. The third kappa shape index (κ3) is 5.99. The molecule has 0 amide bonds. The van der Waals surface area contributed by atoms with Crippen molar-refractivity contribution in [2.24, 2.45) is 0 Å². The summed E-state index contributed by atoms with van der Waals surface area (Å²) in [6.45, 7) is 5.59. The lowest BCUT2D eigenvalue weighted by Crippen LogP contribution is -2.32. The van der Waals surface area contributed by atoms with Gasteiger partial charge in [-0.3, -0.25) is 0 Å². The highest BCUT2D eigenvalue weighted by molar-refractivity contribution is 9.10. The molecule has 5 heteroatoms. The molecule has 0 fully saturated rings. The molecule has 0 radical (unpaired) electrons. The number of nitrogens with one attached hydrogen (secondary N) is 1. The lowest BCUT2D eigenvalue weighted by molar-refractivity contribution is 0.161. The van der Waals surface area contributed by atoms with Crippen LogP contribution in [0.3, 0.4) is 0 Å². The summed E-state index contributed by atoms with van der Waals surface area (Å²) in [7, 11) is 3.78. The number of hydrogen-bond donors (Lipinski definition) is 1. The van der Waals surface area contributed by atoms with E-state index in [9.17, 15) is 4.39 Å². The van der Waals surface area contributed by atoms with Crippen molar-refractivity contribution in [1.29, 1.82) is 0 Å². The van der Waals surface area contributed by atoms with Crippen LogP contribution < -0.4 is 5.32 Å². The van der Waals surface area contributed by atoms with Crippen molar-refractivity contribution in [3.8, 4) is 0 Å². The van der Waals surface area contributed by atoms with Crippen LogP contribution in [0.5, 0.6) is 0 Å². The van der Waals surface area contributed by atoms with E-state index in [0.717, 1.165) is 31.8 Å². The van der Waals surface area contributed by atoms with E-state index in [1.165, 1.54) is 6.07 Å². The van der Waals surface area contributed by atoms with Gasteiger partial charge >= 0.3 is 0 Å². The highest BCUT2D eigenvalue weighted by atomic mass is 79.9. The number of halogens is 2. The van der Waals surface area contributed by atoms with E-state index >= 15 is 0 Å². The highest BCUT2D eigenvalue weighted by Crippen LogP contribution is 2.20. The Kier molecular flexibility index (Phi) is 7.53. The van der Waals surface area contributed by atoms with Crippen molar-refractivity contribution in [2.45, 2.75) is 13.0 Å². The summed E-state index contributed by atoms with van der Waals surface area (Å²) in [5.41, 5.74) is 1.08. The minimum Gasteiger partial charge on any atom is -0.383 e. The number of benzene rings is 1. The summed E-state index contributed by atoms with van der Waals surface area (Å²) < 4.78 is 18.7. The molecule has 0 saturated carbocycles. The Hall–Kier alpha value is -0.490. The number of likely N-dealkylation sites (N-methyl/N-ethyl adjacent to an activating group) is 1. The van der Waals surface area contributed by atoms with E-state index in [1.54, 1.807) is 7.11 Å². The molecule has 108 valence electrons. The Morgan fingerprint density at radius 2 is 2.16 bits per heavy atom. The smallest absolute Gasteiger partial charge is 0.137 e. The summed E-state index contributed by atoms with van der Waals surface area (Å²) in [5.74, 6) is -0.227. The van der Waals surface area contributed by atoms with E-state index in [0.29, 0.717) is 4.47 Å². The van der Waals surface area contributed by atoms with E-state index in [2.05, 4.69) is 40.1 Å². The van der Waals surface area contributed by atoms with Crippen molar-refractivity contribution in [3.05, 3.63) is 34.1 Å². The van der Waals surface area contributed by atoms with Crippen molar-refractivity contribution < 1.29 is 9.13 Å². The monoisotopic (exact) mass is 332 g/mol. The fourth-order valence-corrected chi connectivity index (χ4v) is 2.13. The first kappa shape index (κ1) is 16.6. The molecule has 1 N–H and O–H groups in total. The number of rotatable bonds is 8. The van der Waals surface area contributed by atoms with Crippen LogP contribution in [0, 0.1) is 5.82 Å². The van der Waals surface area contributed by atoms with Gasteiger partial charge in [-0.25, -0.2) is 4.39 Å². The Morgan fingerprint density at radius 1 is 1.42 bits per heavy atom. The first-order valence-electron chi connectivity index (χ1n) is 6.40. The fourth-order valence-electron chi connectivity index (χ4n) is 1.73. The Balaban J connectivity index is 2.34. The van der Waals surface area contributed by atoms with E-state index in [1.807, 2.05) is 12.1 Å². The van der Waals surface area contributed by atoms with Gasteiger partial charge in [0, 0.05) is 32.8 Å². The maximum absolute atomic E-state index is 13.2. The molecule has 0 aliphatic heterocycles. The van der Waals surface area contributed by atoms with Crippen LogP contribution in [-0.2, 0) is 4.74 Å². The van der Waals surface area contributed by atoms with E-state index < -0.39 is 0 Å². The maximum Gasteiger partial charge on any atom is 0.137 e. The molecule has 0 heterocycles. The van der Waals surface area contributed by atoms with Crippen molar-refractivity contribution >= 4 is 15.9 Å². The number of methoxy groups -OCH3 is 1. The van der Waals surface area contributed by atoms with Crippen molar-refractivity contribution in [3.63, 3.8) is 0 Å². The summed E-state index contributed by atoms with van der Waals surface area (Å²) in [4.78, 5) is 2.21. The zero-order valence-corrected chi connectivity index (χ0v) is 13.3. The van der Waals surface area contributed by atoms with Crippen molar-refractivity contribution in [2.75, 3.05) is 40.4 Å². The molecular weight excluding hydrogens is 311 g/mol. The third-order valence-electron chi connectivity index (χ3n) is 3.06. The lowest BCUT2D eigenvalue weighted by Gasteiger charge is -2.19. The number of nitrogens with zero attached hydrogens (tertiary/aromatic N) is 1. The highest BCUT2D eigenvalue weighted by Gasteiger charge is 2.07. The third-order valence-corrected chi connectivity index (χ3v) is 3.67. The first-order valence-corrected chi connectivity index (χ1v) is 7.19. The molecular formula is C14H22BrFN2O. The van der Waals surface area contributed by atoms with Crippen LogP contribution in [0.1, 0.15) is 18.5 Å². The summed E-state index contributed by atoms with van der Waals surface area (Å²) in [6.07, 6.45) is 0. The van der Waals surface area contributed by atoms with E-state index in [-0.39, 0.29) is 11.9 Å². The van der Waals surface area contributed by atoms with Crippen LogP contribution in [0.2, 0.25) is 0 Å². The molecule has 1 rings (SSSR count). The molecule has 1 aromatic rings. The molecule has 1 unspecified atom stereocenters.